The number of aryl methyl sites for hydroxylation is 1. The third kappa shape index (κ3) is 4.71. The van der Waals surface area contributed by atoms with Crippen LogP contribution < -0.4 is 5.32 Å². The van der Waals surface area contributed by atoms with E-state index in [1.165, 1.54) is 0 Å². The highest BCUT2D eigenvalue weighted by Gasteiger charge is 2.38. The number of benzene rings is 1. The molecule has 0 saturated carbocycles. The van der Waals surface area contributed by atoms with Crippen LogP contribution in [0.2, 0.25) is 0 Å². The van der Waals surface area contributed by atoms with Crippen molar-refractivity contribution in [3.8, 4) is 0 Å². The molecule has 5 nitrogen and oxygen atoms in total. The first-order valence-electron chi connectivity index (χ1n) is 8.01. The highest BCUT2D eigenvalue weighted by atomic mass is 16.6. The highest BCUT2D eigenvalue weighted by molar-refractivity contribution is 5.92. The molecule has 1 aromatic rings. The van der Waals surface area contributed by atoms with Crippen molar-refractivity contribution < 1.29 is 14.3 Å². The predicted octanol–water partition coefficient (Wildman–Crippen LogP) is 3.44. The fraction of sp³-hybridized carbons (Fsp3) is 0.556. The van der Waals surface area contributed by atoms with Crippen LogP contribution in [0, 0.1) is 18.8 Å². The number of hydrogen-bond acceptors (Lipinski definition) is 3. The van der Waals surface area contributed by atoms with Crippen LogP contribution in [0.3, 0.4) is 0 Å². The van der Waals surface area contributed by atoms with E-state index < -0.39 is 5.60 Å². The van der Waals surface area contributed by atoms with Gasteiger partial charge in [-0.15, -0.1) is 0 Å². The van der Waals surface area contributed by atoms with Gasteiger partial charge in [-0.05, 0) is 45.4 Å². The van der Waals surface area contributed by atoms with Gasteiger partial charge < -0.3 is 15.0 Å². The minimum atomic E-state index is -0.490. The molecular formula is C18H26N2O3. The Bertz CT molecular complexity index is 586. The van der Waals surface area contributed by atoms with Gasteiger partial charge >= 0.3 is 6.09 Å². The van der Waals surface area contributed by atoms with Crippen molar-refractivity contribution in [2.75, 3.05) is 18.4 Å². The van der Waals surface area contributed by atoms with Gasteiger partial charge in [-0.1, -0.05) is 19.1 Å². The molecule has 1 aliphatic rings. The lowest BCUT2D eigenvalue weighted by molar-refractivity contribution is -0.123. The Kier molecular flexibility index (Phi) is 4.97. The van der Waals surface area contributed by atoms with Gasteiger partial charge in [0.2, 0.25) is 5.91 Å². The van der Waals surface area contributed by atoms with E-state index in [0.717, 1.165) is 11.3 Å². The quantitative estimate of drug-likeness (QED) is 0.929. The van der Waals surface area contributed by atoms with Gasteiger partial charge in [0, 0.05) is 30.6 Å². The van der Waals surface area contributed by atoms with Crippen LogP contribution in [-0.4, -0.2) is 35.6 Å². The van der Waals surface area contributed by atoms with Crippen molar-refractivity contribution in [3.63, 3.8) is 0 Å². The van der Waals surface area contributed by atoms with Crippen molar-refractivity contribution in [1.82, 2.24) is 4.90 Å². The molecule has 1 heterocycles. The average Bonchev–Trinajstić information content (AvgIpc) is 2.34. The Morgan fingerprint density at radius 3 is 2.52 bits per heavy atom. The van der Waals surface area contributed by atoms with Crippen LogP contribution in [-0.2, 0) is 9.53 Å². The molecule has 0 spiro atoms. The van der Waals surface area contributed by atoms with E-state index in [4.69, 9.17) is 4.74 Å². The standard InChI is InChI=1S/C18H26N2O3/c1-12-7-6-8-15(9-12)19-16(21)13(2)14-10-20(11-14)17(22)23-18(3,4)5/h6-9,13-14H,10-11H2,1-5H3,(H,19,21). The molecule has 0 aromatic heterocycles. The Hall–Kier alpha value is -2.04. The monoisotopic (exact) mass is 318 g/mol. The summed E-state index contributed by atoms with van der Waals surface area (Å²) >= 11 is 0. The first kappa shape index (κ1) is 17.3. The lowest BCUT2D eigenvalue weighted by atomic mass is 9.86. The number of carbonyl (C=O) groups is 2. The summed E-state index contributed by atoms with van der Waals surface area (Å²) in [6, 6.07) is 7.73. The molecule has 5 heteroatoms. The molecule has 0 radical (unpaired) electrons. The highest BCUT2D eigenvalue weighted by Crippen LogP contribution is 2.26. The lowest BCUT2D eigenvalue weighted by Gasteiger charge is -2.42. The fourth-order valence-corrected chi connectivity index (χ4v) is 2.50. The predicted molar refractivity (Wildman–Crippen MR) is 90.3 cm³/mol. The van der Waals surface area contributed by atoms with Crippen LogP contribution >= 0.6 is 0 Å². The fourth-order valence-electron chi connectivity index (χ4n) is 2.50. The molecule has 1 N–H and O–H groups in total. The summed E-state index contributed by atoms with van der Waals surface area (Å²) in [6.45, 7) is 10.6. The number of carbonyl (C=O) groups excluding carboxylic acids is 2. The summed E-state index contributed by atoms with van der Waals surface area (Å²) in [4.78, 5) is 25.9. The van der Waals surface area contributed by atoms with E-state index in [1.54, 1.807) is 4.90 Å². The zero-order valence-corrected chi connectivity index (χ0v) is 14.6. The number of nitrogens with one attached hydrogen (secondary N) is 1. The second kappa shape index (κ2) is 6.60. The van der Waals surface area contributed by atoms with Gasteiger partial charge in [0.05, 0.1) is 0 Å². The normalized spacial score (nSPS) is 16.5. The SMILES string of the molecule is Cc1cccc(NC(=O)C(C)C2CN(C(=O)OC(C)(C)C)C2)c1. The van der Waals surface area contributed by atoms with Gasteiger partial charge in [0.15, 0.2) is 0 Å². The Morgan fingerprint density at radius 1 is 1.30 bits per heavy atom. The van der Waals surface area contributed by atoms with Crippen LogP contribution in [0.1, 0.15) is 33.3 Å². The minimum Gasteiger partial charge on any atom is -0.444 e. The molecule has 23 heavy (non-hydrogen) atoms. The van der Waals surface area contributed by atoms with Crippen molar-refractivity contribution in [1.29, 1.82) is 0 Å². The van der Waals surface area contributed by atoms with E-state index in [1.807, 2.05) is 58.9 Å². The number of anilines is 1. The first-order valence-corrected chi connectivity index (χ1v) is 8.01. The summed E-state index contributed by atoms with van der Waals surface area (Å²) in [5.74, 6) is 0.0194. The van der Waals surface area contributed by atoms with Gasteiger partial charge in [-0.2, -0.15) is 0 Å². The van der Waals surface area contributed by atoms with E-state index in [9.17, 15) is 9.59 Å². The second-order valence-corrected chi connectivity index (χ2v) is 7.29. The summed E-state index contributed by atoms with van der Waals surface area (Å²) in [5, 5.41) is 2.94. The molecule has 1 aliphatic heterocycles. The zero-order valence-electron chi connectivity index (χ0n) is 14.6. The maximum atomic E-state index is 12.3. The van der Waals surface area contributed by atoms with Crippen molar-refractivity contribution in [2.24, 2.45) is 11.8 Å². The number of likely N-dealkylation sites (tertiary alicyclic amines) is 1. The molecule has 2 amide bonds. The van der Waals surface area contributed by atoms with Crippen LogP contribution in [0.25, 0.3) is 0 Å². The molecular weight excluding hydrogens is 292 g/mol. The molecule has 0 bridgehead atoms. The largest absolute Gasteiger partial charge is 0.444 e. The summed E-state index contributed by atoms with van der Waals surface area (Å²) in [6.07, 6.45) is -0.306. The molecule has 2 rings (SSSR count). The number of hydrogen-bond donors (Lipinski definition) is 1. The maximum Gasteiger partial charge on any atom is 0.410 e. The van der Waals surface area contributed by atoms with Gasteiger partial charge in [-0.3, -0.25) is 4.79 Å². The van der Waals surface area contributed by atoms with Gasteiger partial charge in [0.1, 0.15) is 5.60 Å². The smallest absolute Gasteiger partial charge is 0.410 e. The van der Waals surface area contributed by atoms with Crippen molar-refractivity contribution in [3.05, 3.63) is 29.8 Å². The number of amides is 2. The lowest BCUT2D eigenvalue weighted by Crippen LogP contribution is -2.55. The zero-order chi connectivity index (χ0) is 17.2. The topological polar surface area (TPSA) is 58.6 Å². The Balaban J connectivity index is 1.82. The van der Waals surface area contributed by atoms with Gasteiger partial charge in [-0.25, -0.2) is 4.79 Å². The van der Waals surface area contributed by atoms with Crippen LogP contribution in [0.4, 0.5) is 10.5 Å². The first-order chi connectivity index (χ1) is 10.7. The summed E-state index contributed by atoms with van der Waals surface area (Å²) in [7, 11) is 0. The van der Waals surface area contributed by atoms with Crippen molar-refractivity contribution in [2.45, 2.75) is 40.2 Å². The Labute approximate surface area is 138 Å². The third-order valence-corrected chi connectivity index (χ3v) is 3.97. The molecule has 1 saturated heterocycles. The second-order valence-electron chi connectivity index (χ2n) is 7.29. The number of nitrogens with zero attached hydrogens (tertiary/aromatic N) is 1. The maximum absolute atomic E-state index is 12.3. The summed E-state index contributed by atoms with van der Waals surface area (Å²) in [5.41, 5.74) is 1.43. The van der Waals surface area contributed by atoms with E-state index in [0.29, 0.717) is 13.1 Å². The minimum absolute atomic E-state index is 0.00978. The van der Waals surface area contributed by atoms with Gasteiger partial charge in [0.25, 0.3) is 0 Å². The average molecular weight is 318 g/mol. The van der Waals surface area contributed by atoms with E-state index >= 15 is 0 Å². The van der Waals surface area contributed by atoms with E-state index in [-0.39, 0.29) is 23.8 Å². The summed E-state index contributed by atoms with van der Waals surface area (Å²) < 4.78 is 5.33. The molecule has 1 fully saturated rings. The van der Waals surface area contributed by atoms with Crippen LogP contribution in [0.15, 0.2) is 24.3 Å². The number of rotatable bonds is 3. The molecule has 1 atom stereocenters. The molecule has 1 aromatic carbocycles. The van der Waals surface area contributed by atoms with E-state index in [2.05, 4.69) is 5.32 Å². The Morgan fingerprint density at radius 2 is 1.96 bits per heavy atom. The third-order valence-electron chi connectivity index (χ3n) is 3.97. The van der Waals surface area contributed by atoms with Crippen LogP contribution in [0.5, 0.6) is 0 Å². The van der Waals surface area contributed by atoms with Crippen molar-refractivity contribution >= 4 is 17.7 Å². The number of ether oxygens (including phenoxy) is 1. The molecule has 0 aliphatic carbocycles. The molecule has 1 unspecified atom stereocenters. The molecule has 126 valence electrons.